The van der Waals surface area contributed by atoms with Gasteiger partial charge in [0.1, 0.15) is 0 Å². The molecule has 1 aliphatic carbocycles. The molecule has 1 saturated carbocycles. The van der Waals surface area contributed by atoms with Crippen LogP contribution in [0.15, 0.2) is 12.2 Å². The predicted octanol–water partition coefficient (Wildman–Crippen LogP) is 3.45. The Balaban J connectivity index is 1.98. The topological polar surface area (TPSA) is 35.5 Å². The molecular formula is C14H23ClO3. The van der Waals surface area contributed by atoms with Crippen LogP contribution in [0.1, 0.15) is 45.4 Å². The SMILES string of the molecule is C=C(C)C(=O)OCCCCOC1CCCCC1Cl. The molecule has 1 fully saturated rings. The van der Waals surface area contributed by atoms with E-state index in [0.717, 1.165) is 25.7 Å². The highest BCUT2D eigenvalue weighted by Gasteiger charge is 2.23. The van der Waals surface area contributed by atoms with Crippen LogP contribution in [0.5, 0.6) is 0 Å². The normalized spacial score (nSPS) is 23.7. The average Bonchev–Trinajstić information content (AvgIpc) is 2.35. The molecule has 0 N–H and O–H groups in total. The molecule has 0 radical (unpaired) electrons. The summed E-state index contributed by atoms with van der Waals surface area (Å²) >= 11 is 6.20. The van der Waals surface area contributed by atoms with E-state index in [2.05, 4.69) is 6.58 Å². The molecule has 0 aliphatic heterocycles. The molecular weight excluding hydrogens is 252 g/mol. The van der Waals surface area contributed by atoms with Gasteiger partial charge in [-0.1, -0.05) is 19.4 Å². The zero-order valence-corrected chi connectivity index (χ0v) is 11.9. The number of rotatable bonds is 7. The van der Waals surface area contributed by atoms with Crippen LogP contribution in [0.3, 0.4) is 0 Å². The molecule has 2 unspecified atom stereocenters. The van der Waals surface area contributed by atoms with E-state index in [1.807, 2.05) is 0 Å². The highest BCUT2D eigenvalue weighted by molar-refractivity contribution is 6.21. The third-order valence-electron chi connectivity index (χ3n) is 3.07. The second-order valence-corrected chi connectivity index (χ2v) is 5.39. The Morgan fingerprint density at radius 2 is 1.94 bits per heavy atom. The Morgan fingerprint density at radius 3 is 2.61 bits per heavy atom. The summed E-state index contributed by atoms with van der Waals surface area (Å²) in [5.41, 5.74) is 0.443. The number of halogens is 1. The maximum atomic E-state index is 11.1. The predicted molar refractivity (Wildman–Crippen MR) is 72.9 cm³/mol. The lowest BCUT2D eigenvalue weighted by Gasteiger charge is -2.27. The fourth-order valence-electron chi connectivity index (χ4n) is 1.97. The van der Waals surface area contributed by atoms with E-state index in [0.29, 0.717) is 18.8 Å². The van der Waals surface area contributed by atoms with Crippen molar-refractivity contribution >= 4 is 17.6 Å². The highest BCUT2D eigenvalue weighted by Crippen LogP contribution is 2.25. The van der Waals surface area contributed by atoms with Gasteiger partial charge in [0, 0.05) is 12.2 Å². The maximum Gasteiger partial charge on any atom is 0.333 e. The lowest BCUT2D eigenvalue weighted by Crippen LogP contribution is -2.28. The molecule has 3 nitrogen and oxygen atoms in total. The van der Waals surface area contributed by atoms with Crippen LogP contribution < -0.4 is 0 Å². The molecule has 0 heterocycles. The number of hydrogen-bond donors (Lipinski definition) is 0. The first kappa shape index (κ1) is 15.5. The molecule has 1 aliphatic rings. The van der Waals surface area contributed by atoms with Crippen LogP contribution in [-0.4, -0.2) is 30.7 Å². The van der Waals surface area contributed by atoms with Gasteiger partial charge in [0.2, 0.25) is 0 Å². The van der Waals surface area contributed by atoms with Gasteiger partial charge in [0.05, 0.1) is 18.1 Å². The molecule has 0 amide bonds. The first-order chi connectivity index (χ1) is 8.61. The quantitative estimate of drug-likeness (QED) is 0.309. The summed E-state index contributed by atoms with van der Waals surface area (Å²) in [5, 5.41) is 0.167. The average molecular weight is 275 g/mol. The largest absolute Gasteiger partial charge is 0.462 e. The number of alkyl halides is 1. The summed E-state index contributed by atoms with van der Waals surface area (Å²) in [5.74, 6) is -0.316. The minimum Gasteiger partial charge on any atom is -0.462 e. The fraction of sp³-hybridized carbons (Fsp3) is 0.786. The summed E-state index contributed by atoms with van der Waals surface area (Å²) in [6.45, 7) is 6.30. The Bertz CT molecular complexity index is 278. The van der Waals surface area contributed by atoms with Crippen LogP contribution >= 0.6 is 11.6 Å². The third kappa shape index (κ3) is 5.87. The van der Waals surface area contributed by atoms with Crippen LogP contribution in [0.25, 0.3) is 0 Å². The fourth-order valence-corrected chi connectivity index (χ4v) is 2.32. The molecule has 0 aromatic heterocycles. The van der Waals surface area contributed by atoms with Crippen molar-refractivity contribution in [2.24, 2.45) is 0 Å². The molecule has 0 aromatic rings. The molecule has 0 spiro atoms. The van der Waals surface area contributed by atoms with Crippen LogP contribution in [0, 0.1) is 0 Å². The summed E-state index contributed by atoms with van der Waals surface area (Å²) in [6, 6.07) is 0. The minimum absolute atomic E-state index is 0.167. The number of carbonyl (C=O) groups is 1. The Hall–Kier alpha value is -0.540. The minimum atomic E-state index is -0.316. The van der Waals surface area contributed by atoms with Gasteiger partial charge >= 0.3 is 5.97 Å². The van der Waals surface area contributed by atoms with Gasteiger partial charge in [0.25, 0.3) is 0 Å². The van der Waals surface area contributed by atoms with Gasteiger partial charge in [-0.3, -0.25) is 0 Å². The Kier molecular flexibility index (Phi) is 7.36. The number of esters is 1. The first-order valence-electron chi connectivity index (χ1n) is 6.69. The van der Waals surface area contributed by atoms with Crippen molar-refractivity contribution in [3.8, 4) is 0 Å². The zero-order valence-electron chi connectivity index (χ0n) is 11.1. The smallest absolute Gasteiger partial charge is 0.333 e. The van der Waals surface area contributed by atoms with Crippen molar-refractivity contribution in [2.45, 2.75) is 56.9 Å². The number of unbranched alkanes of at least 4 members (excludes halogenated alkanes) is 1. The number of carbonyl (C=O) groups excluding carboxylic acids is 1. The van der Waals surface area contributed by atoms with Gasteiger partial charge in [-0.15, -0.1) is 11.6 Å². The molecule has 0 bridgehead atoms. The summed E-state index contributed by atoms with van der Waals surface area (Å²) in [4.78, 5) is 11.1. The van der Waals surface area contributed by atoms with Gasteiger partial charge < -0.3 is 9.47 Å². The molecule has 1 rings (SSSR count). The monoisotopic (exact) mass is 274 g/mol. The van der Waals surface area contributed by atoms with E-state index in [1.165, 1.54) is 12.8 Å². The van der Waals surface area contributed by atoms with E-state index >= 15 is 0 Å². The van der Waals surface area contributed by atoms with E-state index in [9.17, 15) is 4.79 Å². The summed E-state index contributed by atoms with van der Waals surface area (Å²) in [6.07, 6.45) is 6.47. The second-order valence-electron chi connectivity index (χ2n) is 4.83. The number of hydrogen-bond acceptors (Lipinski definition) is 3. The van der Waals surface area contributed by atoms with Crippen LogP contribution in [0.4, 0.5) is 0 Å². The van der Waals surface area contributed by atoms with Crippen molar-refractivity contribution in [2.75, 3.05) is 13.2 Å². The third-order valence-corrected chi connectivity index (χ3v) is 3.57. The zero-order chi connectivity index (χ0) is 13.4. The molecule has 104 valence electrons. The first-order valence-corrected chi connectivity index (χ1v) is 7.13. The lowest BCUT2D eigenvalue weighted by molar-refractivity contribution is -0.139. The van der Waals surface area contributed by atoms with Gasteiger partial charge in [0.15, 0.2) is 0 Å². The molecule has 2 atom stereocenters. The number of ether oxygens (including phenoxy) is 2. The summed E-state index contributed by atoms with van der Waals surface area (Å²) < 4.78 is 10.8. The van der Waals surface area contributed by atoms with Crippen molar-refractivity contribution < 1.29 is 14.3 Å². The highest BCUT2D eigenvalue weighted by atomic mass is 35.5. The van der Waals surface area contributed by atoms with Crippen molar-refractivity contribution in [3.63, 3.8) is 0 Å². The van der Waals surface area contributed by atoms with E-state index < -0.39 is 0 Å². The Labute approximate surface area is 114 Å². The van der Waals surface area contributed by atoms with E-state index in [-0.39, 0.29) is 17.5 Å². The van der Waals surface area contributed by atoms with Crippen molar-refractivity contribution in [1.82, 2.24) is 0 Å². The van der Waals surface area contributed by atoms with Crippen molar-refractivity contribution in [1.29, 1.82) is 0 Å². The van der Waals surface area contributed by atoms with Crippen LogP contribution in [-0.2, 0) is 14.3 Å². The molecule has 18 heavy (non-hydrogen) atoms. The van der Waals surface area contributed by atoms with Gasteiger partial charge in [-0.2, -0.15) is 0 Å². The molecule has 0 aromatic carbocycles. The lowest BCUT2D eigenvalue weighted by atomic mass is 9.97. The van der Waals surface area contributed by atoms with E-state index in [4.69, 9.17) is 21.1 Å². The van der Waals surface area contributed by atoms with E-state index in [1.54, 1.807) is 6.92 Å². The van der Waals surface area contributed by atoms with Crippen molar-refractivity contribution in [3.05, 3.63) is 12.2 Å². The molecule has 4 heteroatoms. The van der Waals surface area contributed by atoms with Crippen LogP contribution in [0.2, 0.25) is 0 Å². The maximum absolute atomic E-state index is 11.1. The van der Waals surface area contributed by atoms with Gasteiger partial charge in [-0.05, 0) is 32.6 Å². The summed E-state index contributed by atoms with van der Waals surface area (Å²) in [7, 11) is 0. The molecule has 0 saturated heterocycles. The van der Waals surface area contributed by atoms with Gasteiger partial charge in [-0.25, -0.2) is 4.79 Å². The Morgan fingerprint density at radius 1 is 1.28 bits per heavy atom. The second kappa shape index (κ2) is 8.54. The standard InChI is InChI=1S/C14H23ClO3/c1-11(2)14(16)18-10-6-5-9-17-13-8-4-3-7-12(13)15/h12-13H,1,3-10H2,2H3.